The van der Waals surface area contributed by atoms with Gasteiger partial charge in [0.15, 0.2) is 0 Å². The van der Waals surface area contributed by atoms with Crippen LogP contribution in [0.4, 0.5) is 11.4 Å². The first kappa shape index (κ1) is 44.8. The van der Waals surface area contributed by atoms with Crippen LogP contribution in [0.2, 0.25) is 0 Å². The standard InChI is InChI=1S/C44H37Cl2N3O13P2/c45-22-28-24-48(34-20-37(61-63(54,55)56)30-5-1-3-7-32(30)43(28)34)41(52)13-10-26-9-11-27(36(19-26)60-18-17-47-39(50)15-16-40(47)51)12-14-42(53)49-25-29(23-46)44-33-8-4-2-6-31(33)38(21-35(44)49)62-64(57,58)59/h1-16,19-21,28-29H,17-18,22-25H2,(H2,54,55,56)(H2,57,58,59)/t28-,29-/m1/s1. The van der Waals surface area contributed by atoms with E-state index < -0.39 is 39.3 Å². The number of hydrogen-bond acceptors (Lipinski definition) is 9. The molecule has 0 bridgehead atoms. The van der Waals surface area contributed by atoms with E-state index in [1.807, 2.05) is 0 Å². The highest BCUT2D eigenvalue weighted by Gasteiger charge is 2.36. The second-order valence-corrected chi connectivity index (χ2v) is 17.9. The molecule has 3 heterocycles. The van der Waals surface area contributed by atoms with Gasteiger partial charge in [-0.2, -0.15) is 0 Å². The first-order valence-corrected chi connectivity index (χ1v) is 23.7. The number of nitrogens with zero attached hydrogens (tertiary/aromatic N) is 3. The zero-order chi connectivity index (χ0) is 45.5. The molecule has 0 aromatic heterocycles. The molecule has 0 saturated carbocycles. The van der Waals surface area contributed by atoms with E-state index in [0.29, 0.717) is 44.0 Å². The number of hydrogen-bond donors (Lipinski definition) is 4. The number of anilines is 2. The van der Waals surface area contributed by atoms with Crippen LogP contribution in [0.3, 0.4) is 0 Å². The molecule has 0 aliphatic carbocycles. The summed E-state index contributed by atoms with van der Waals surface area (Å²) in [6.45, 7) is 0.145. The Morgan fingerprint density at radius 3 is 1.59 bits per heavy atom. The van der Waals surface area contributed by atoms with Gasteiger partial charge in [0, 0.05) is 89.5 Å². The Balaban J connectivity index is 1.09. The molecule has 2 atom stereocenters. The van der Waals surface area contributed by atoms with Crippen molar-refractivity contribution in [1.29, 1.82) is 0 Å². The van der Waals surface area contributed by atoms with Crippen molar-refractivity contribution in [2.45, 2.75) is 11.8 Å². The van der Waals surface area contributed by atoms with Gasteiger partial charge in [-0.05, 0) is 45.7 Å². The smallest absolute Gasteiger partial charge is 0.491 e. The monoisotopic (exact) mass is 947 g/mol. The van der Waals surface area contributed by atoms with Crippen LogP contribution in [-0.2, 0) is 28.3 Å². The van der Waals surface area contributed by atoms with Gasteiger partial charge in [-0.3, -0.25) is 43.7 Å². The summed E-state index contributed by atoms with van der Waals surface area (Å²) in [7, 11) is -9.95. The zero-order valence-electron chi connectivity index (χ0n) is 33.3. The van der Waals surface area contributed by atoms with Crippen LogP contribution in [0.15, 0.2) is 103 Å². The summed E-state index contributed by atoms with van der Waals surface area (Å²) >= 11 is 12.8. The summed E-state index contributed by atoms with van der Waals surface area (Å²) in [4.78, 5) is 94.8. The first-order chi connectivity index (χ1) is 30.5. The van der Waals surface area contributed by atoms with Gasteiger partial charge < -0.3 is 23.6 Å². The minimum absolute atomic E-state index is 0.0822. The lowest BCUT2D eigenvalue weighted by Crippen LogP contribution is -2.33. The number of ether oxygens (including phenoxy) is 1. The number of benzene rings is 5. The third-order valence-corrected chi connectivity index (χ3v) is 12.5. The van der Waals surface area contributed by atoms with Gasteiger partial charge in [0.2, 0.25) is 0 Å². The van der Waals surface area contributed by atoms with E-state index in [1.54, 1.807) is 66.7 Å². The third-order valence-electron chi connectivity index (χ3n) is 10.9. The quantitative estimate of drug-likeness (QED) is 0.0382. The van der Waals surface area contributed by atoms with Crippen LogP contribution in [0, 0.1) is 0 Å². The molecule has 20 heteroatoms. The van der Waals surface area contributed by atoms with E-state index in [2.05, 4.69) is 0 Å². The van der Waals surface area contributed by atoms with Crippen LogP contribution in [0.25, 0.3) is 33.7 Å². The van der Waals surface area contributed by atoms with Gasteiger partial charge >= 0.3 is 15.6 Å². The third kappa shape index (κ3) is 9.23. The van der Waals surface area contributed by atoms with Crippen LogP contribution >= 0.6 is 38.8 Å². The molecule has 0 radical (unpaired) electrons. The van der Waals surface area contributed by atoms with E-state index in [0.717, 1.165) is 28.2 Å². The van der Waals surface area contributed by atoms with Crippen LogP contribution < -0.4 is 23.6 Å². The van der Waals surface area contributed by atoms with Crippen molar-refractivity contribution in [3.8, 4) is 17.2 Å². The zero-order valence-corrected chi connectivity index (χ0v) is 36.6. The van der Waals surface area contributed by atoms with Crippen molar-refractivity contribution >= 4 is 108 Å². The molecule has 3 aliphatic rings. The van der Waals surface area contributed by atoms with E-state index in [4.69, 9.17) is 37.0 Å². The maximum atomic E-state index is 14.0. The van der Waals surface area contributed by atoms with Crippen molar-refractivity contribution in [2.24, 2.45) is 0 Å². The van der Waals surface area contributed by atoms with Crippen molar-refractivity contribution in [3.63, 3.8) is 0 Å². The lowest BCUT2D eigenvalue weighted by atomic mass is 9.95. The Bertz CT molecular complexity index is 2930. The molecule has 0 fully saturated rings. The second-order valence-electron chi connectivity index (χ2n) is 14.9. The number of phosphoric acid groups is 2. The lowest BCUT2D eigenvalue weighted by molar-refractivity contribution is -0.137. The van der Waals surface area contributed by atoms with E-state index in [1.165, 1.54) is 46.2 Å². The molecule has 330 valence electrons. The van der Waals surface area contributed by atoms with Gasteiger partial charge in [-0.25, -0.2) is 9.13 Å². The molecule has 64 heavy (non-hydrogen) atoms. The molecule has 3 aliphatic heterocycles. The van der Waals surface area contributed by atoms with Crippen LogP contribution in [0.5, 0.6) is 17.2 Å². The Kier molecular flexibility index (Phi) is 12.6. The number of halogens is 2. The lowest BCUT2D eigenvalue weighted by Gasteiger charge is -2.19. The molecule has 5 aromatic carbocycles. The average molecular weight is 949 g/mol. The molecule has 4 N–H and O–H groups in total. The SMILES string of the molecule is O=C1C=CC(=O)N1CCOc1cc(C=CC(=O)N2C[C@@H](CCl)c3c2cc(OP(=O)(O)O)c2ccccc32)ccc1C=CC(=O)N1C[C@@H](CCl)c2c1cc(OP(=O)(O)O)c1ccccc21. The minimum atomic E-state index is -4.98. The van der Waals surface area contributed by atoms with Crippen molar-refractivity contribution in [1.82, 2.24) is 4.90 Å². The molecule has 4 amide bonds. The highest BCUT2D eigenvalue weighted by Crippen LogP contribution is 2.51. The Hall–Kier alpha value is -5.80. The fourth-order valence-corrected chi connectivity index (χ4v) is 9.54. The number of rotatable bonds is 14. The Labute approximate surface area is 375 Å². The molecule has 0 unspecified atom stereocenters. The van der Waals surface area contributed by atoms with Gasteiger partial charge in [-0.15, -0.1) is 23.2 Å². The highest BCUT2D eigenvalue weighted by molar-refractivity contribution is 7.47. The number of phosphoric ester groups is 2. The van der Waals surface area contributed by atoms with Crippen molar-refractivity contribution < 1.29 is 61.7 Å². The number of carbonyl (C=O) groups is 4. The second kappa shape index (κ2) is 18.0. The van der Waals surface area contributed by atoms with Crippen LogP contribution in [-0.4, -0.2) is 86.1 Å². The number of alkyl halides is 2. The minimum Gasteiger partial charge on any atom is -0.491 e. The normalized spacial score (nSPS) is 17.4. The molecule has 0 saturated heterocycles. The molecular formula is C44H37Cl2N3O13P2. The van der Waals surface area contributed by atoms with E-state index in [9.17, 15) is 47.9 Å². The maximum absolute atomic E-state index is 14.0. The molecule has 0 spiro atoms. The number of carbonyl (C=O) groups excluding carboxylic acids is 4. The fourth-order valence-electron chi connectivity index (χ4n) is 8.23. The summed E-state index contributed by atoms with van der Waals surface area (Å²) in [5, 5.41) is 2.14. The topological polar surface area (TPSA) is 221 Å². The fraction of sp³-hybridized carbons (Fsp3) is 0.182. The maximum Gasteiger partial charge on any atom is 0.524 e. The number of fused-ring (bicyclic) bond motifs is 6. The molecule has 5 aromatic rings. The van der Waals surface area contributed by atoms with Crippen molar-refractivity contribution in [2.75, 3.05) is 47.8 Å². The molecule has 16 nitrogen and oxygen atoms in total. The number of imide groups is 1. The molecular weight excluding hydrogens is 911 g/mol. The molecule has 8 rings (SSSR count). The first-order valence-electron chi connectivity index (χ1n) is 19.6. The predicted molar refractivity (Wildman–Crippen MR) is 241 cm³/mol. The Morgan fingerprint density at radius 1 is 0.656 bits per heavy atom. The van der Waals surface area contributed by atoms with E-state index in [-0.39, 0.29) is 67.1 Å². The average Bonchev–Trinajstić information content (AvgIpc) is 3.93. The summed E-state index contributed by atoms with van der Waals surface area (Å²) in [5.74, 6) is -2.23. The van der Waals surface area contributed by atoms with Gasteiger partial charge in [0.25, 0.3) is 23.6 Å². The van der Waals surface area contributed by atoms with Gasteiger partial charge in [0.05, 0.1) is 17.9 Å². The predicted octanol–water partition coefficient (Wildman–Crippen LogP) is 7.00. The van der Waals surface area contributed by atoms with Crippen LogP contribution in [0.1, 0.15) is 34.1 Å². The summed E-state index contributed by atoms with van der Waals surface area (Å²) in [6.07, 6.45) is 7.95. The van der Waals surface area contributed by atoms with Gasteiger partial charge in [-0.1, -0.05) is 60.7 Å². The largest absolute Gasteiger partial charge is 0.524 e. The summed E-state index contributed by atoms with van der Waals surface area (Å²) < 4.78 is 40.0. The van der Waals surface area contributed by atoms with Crippen molar-refractivity contribution in [3.05, 3.63) is 125 Å². The highest BCUT2D eigenvalue weighted by atomic mass is 35.5. The summed E-state index contributed by atoms with van der Waals surface area (Å²) in [5.41, 5.74) is 3.11. The summed E-state index contributed by atoms with van der Waals surface area (Å²) in [6, 6.07) is 21.5. The Morgan fingerprint density at radius 2 is 1.12 bits per heavy atom. The van der Waals surface area contributed by atoms with E-state index >= 15 is 0 Å². The van der Waals surface area contributed by atoms with Gasteiger partial charge in [0.1, 0.15) is 23.9 Å². The number of amides is 4.